The summed E-state index contributed by atoms with van der Waals surface area (Å²) in [5, 5.41) is 3.95. The average molecular weight is 270 g/mol. The van der Waals surface area contributed by atoms with Crippen molar-refractivity contribution in [2.75, 3.05) is 6.61 Å². The molecule has 1 aromatic heterocycles. The van der Waals surface area contributed by atoms with Crippen molar-refractivity contribution in [3.63, 3.8) is 0 Å². The highest BCUT2D eigenvalue weighted by Crippen LogP contribution is 2.24. The summed E-state index contributed by atoms with van der Waals surface area (Å²) in [7, 11) is 0. The second-order valence-corrected chi connectivity index (χ2v) is 6.61. The van der Waals surface area contributed by atoms with E-state index in [1.807, 2.05) is 41.5 Å². The van der Waals surface area contributed by atoms with Crippen LogP contribution in [-0.2, 0) is 9.53 Å². The van der Waals surface area contributed by atoms with Crippen LogP contribution in [0.4, 0.5) is 0 Å². The molecule has 0 saturated heterocycles. The Balaban J connectivity index is 2.52. The van der Waals surface area contributed by atoms with Gasteiger partial charge >= 0.3 is 0 Å². The molecular formula is C13H22N2O2S. The van der Waals surface area contributed by atoms with Crippen LogP contribution in [0.15, 0.2) is 0 Å². The predicted octanol–water partition coefficient (Wildman–Crippen LogP) is 2.75. The zero-order chi connectivity index (χ0) is 13.9. The summed E-state index contributed by atoms with van der Waals surface area (Å²) in [6, 6.07) is -0.0210. The topological polar surface area (TPSA) is 51.2 Å². The highest BCUT2D eigenvalue weighted by atomic mass is 32.1. The summed E-state index contributed by atoms with van der Waals surface area (Å²) in [6.45, 7) is 11.8. The van der Waals surface area contributed by atoms with Crippen LogP contribution in [0.25, 0.3) is 0 Å². The smallest absolute Gasteiger partial charge is 0.246 e. The van der Waals surface area contributed by atoms with E-state index in [0.717, 1.165) is 15.6 Å². The van der Waals surface area contributed by atoms with Crippen molar-refractivity contribution in [3.8, 4) is 0 Å². The third-order valence-corrected chi connectivity index (χ3v) is 3.60. The average Bonchev–Trinajstić information content (AvgIpc) is 2.54. The van der Waals surface area contributed by atoms with Crippen molar-refractivity contribution in [1.29, 1.82) is 0 Å². The normalized spacial score (nSPS) is 13.4. The lowest BCUT2D eigenvalue weighted by atomic mass is 10.2. The van der Waals surface area contributed by atoms with Gasteiger partial charge in [0.1, 0.15) is 6.61 Å². The summed E-state index contributed by atoms with van der Waals surface area (Å²) < 4.78 is 5.44. The van der Waals surface area contributed by atoms with Gasteiger partial charge in [-0.3, -0.25) is 4.79 Å². The lowest BCUT2D eigenvalue weighted by Gasteiger charge is -2.20. The molecule has 1 N–H and O–H groups in total. The zero-order valence-corrected chi connectivity index (χ0v) is 12.8. The van der Waals surface area contributed by atoms with Gasteiger partial charge in [0.25, 0.3) is 0 Å². The van der Waals surface area contributed by atoms with Crippen molar-refractivity contribution in [3.05, 3.63) is 15.6 Å². The number of nitrogens with one attached hydrogen (secondary N) is 1. The third kappa shape index (κ3) is 4.74. The van der Waals surface area contributed by atoms with Gasteiger partial charge in [-0.1, -0.05) is 0 Å². The van der Waals surface area contributed by atoms with Crippen LogP contribution in [0.5, 0.6) is 0 Å². The van der Waals surface area contributed by atoms with Crippen molar-refractivity contribution in [2.24, 2.45) is 0 Å². The molecule has 1 atom stereocenters. The third-order valence-electron chi connectivity index (χ3n) is 2.35. The standard InChI is InChI=1S/C13H22N2O2S/c1-8-12(18-10(3)14-8)9(2)15-11(16)7-17-13(4,5)6/h9H,7H2,1-6H3,(H,15,16). The fourth-order valence-electron chi connectivity index (χ4n) is 1.58. The van der Waals surface area contributed by atoms with Crippen LogP contribution in [0.2, 0.25) is 0 Å². The van der Waals surface area contributed by atoms with E-state index >= 15 is 0 Å². The minimum atomic E-state index is -0.294. The Morgan fingerprint density at radius 1 is 1.44 bits per heavy atom. The maximum atomic E-state index is 11.7. The summed E-state index contributed by atoms with van der Waals surface area (Å²) in [5.74, 6) is -0.0946. The number of hydrogen-bond donors (Lipinski definition) is 1. The molecule has 4 nitrogen and oxygen atoms in total. The molecule has 1 heterocycles. The van der Waals surface area contributed by atoms with Gasteiger partial charge in [0.05, 0.1) is 22.3 Å². The number of rotatable bonds is 4. The molecule has 1 aromatic rings. The predicted molar refractivity (Wildman–Crippen MR) is 73.9 cm³/mol. The van der Waals surface area contributed by atoms with E-state index in [0.29, 0.717) is 0 Å². The highest BCUT2D eigenvalue weighted by molar-refractivity contribution is 7.11. The van der Waals surface area contributed by atoms with Gasteiger partial charge in [-0.2, -0.15) is 0 Å². The number of ether oxygens (including phenoxy) is 1. The van der Waals surface area contributed by atoms with Gasteiger partial charge in [0, 0.05) is 4.88 Å². The number of thiazole rings is 1. The van der Waals surface area contributed by atoms with Crippen LogP contribution in [-0.4, -0.2) is 23.1 Å². The first-order chi connectivity index (χ1) is 8.19. The molecule has 0 aliphatic rings. The molecule has 5 heteroatoms. The van der Waals surface area contributed by atoms with Crippen molar-refractivity contribution in [1.82, 2.24) is 10.3 Å². The van der Waals surface area contributed by atoms with E-state index in [1.54, 1.807) is 11.3 Å². The highest BCUT2D eigenvalue weighted by Gasteiger charge is 2.17. The largest absolute Gasteiger partial charge is 0.366 e. The lowest BCUT2D eigenvalue weighted by molar-refractivity contribution is -0.131. The van der Waals surface area contributed by atoms with Crippen LogP contribution in [0.1, 0.15) is 49.3 Å². The second-order valence-electron chi connectivity index (χ2n) is 5.37. The van der Waals surface area contributed by atoms with Crippen LogP contribution >= 0.6 is 11.3 Å². The Morgan fingerprint density at radius 3 is 2.50 bits per heavy atom. The summed E-state index contributed by atoms with van der Waals surface area (Å²) in [6.07, 6.45) is 0. The number of carbonyl (C=O) groups is 1. The van der Waals surface area contributed by atoms with E-state index in [4.69, 9.17) is 4.74 Å². The number of nitrogens with zero attached hydrogens (tertiary/aromatic N) is 1. The minimum Gasteiger partial charge on any atom is -0.366 e. The number of hydrogen-bond acceptors (Lipinski definition) is 4. The van der Waals surface area contributed by atoms with E-state index < -0.39 is 0 Å². The SMILES string of the molecule is Cc1nc(C)c(C(C)NC(=O)COC(C)(C)C)s1. The fraction of sp³-hybridized carbons (Fsp3) is 0.692. The van der Waals surface area contributed by atoms with Gasteiger partial charge in [0.15, 0.2) is 0 Å². The van der Waals surface area contributed by atoms with Gasteiger partial charge in [-0.25, -0.2) is 4.98 Å². The van der Waals surface area contributed by atoms with E-state index in [2.05, 4.69) is 10.3 Å². The number of aromatic nitrogens is 1. The minimum absolute atomic E-state index is 0.0210. The summed E-state index contributed by atoms with van der Waals surface area (Å²) in [4.78, 5) is 17.2. The number of aryl methyl sites for hydroxylation is 2. The Kier molecular flexibility index (Phi) is 4.87. The van der Waals surface area contributed by atoms with Gasteiger partial charge in [-0.05, 0) is 41.5 Å². The first-order valence-corrected chi connectivity index (χ1v) is 6.88. The first-order valence-electron chi connectivity index (χ1n) is 6.06. The number of amides is 1. The summed E-state index contributed by atoms with van der Waals surface area (Å²) in [5.41, 5.74) is 0.694. The number of carbonyl (C=O) groups excluding carboxylic acids is 1. The van der Waals surface area contributed by atoms with Crippen molar-refractivity contribution in [2.45, 2.75) is 53.2 Å². The molecule has 1 amide bonds. The Hall–Kier alpha value is -0.940. The van der Waals surface area contributed by atoms with Crippen molar-refractivity contribution >= 4 is 17.2 Å². The molecule has 0 spiro atoms. The van der Waals surface area contributed by atoms with Crippen LogP contribution < -0.4 is 5.32 Å². The van der Waals surface area contributed by atoms with E-state index in [1.165, 1.54) is 0 Å². The molecule has 0 fully saturated rings. The molecule has 1 unspecified atom stereocenters. The second kappa shape index (κ2) is 5.80. The summed E-state index contributed by atoms with van der Waals surface area (Å²) >= 11 is 1.62. The molecule has 1 rings (SSSR count). The maximum absolute atomic E-state index is 11.7. The molecular weight excluding hydrogens is 248 g/mol. The Morgan fingerprint density at radius 2 is 2.06 bits per heavy atom. The first kappa shape index (κ1) is 15.1. The van der Waals surface area contributed by atoms with Gasteiger partial charge in [0.2, 0.25) is 5.91 Å². The molecule has 0 saturated carbocycles. The molecule has 0 aliphatic carbocycles. The van der Waals surface area contributed by atoms with Crippen LogP contribution in [0.3, 0.4) is 0 Å². The van der Waals surface area contributed by atoms with Crippen molar-refractivity contribution < 1.29 is 9.53 Å². The Labute approximate surface area is 113 Å². The molecule has 0 aromatic carbocycles. The van der Waals surface area contributed by atoms with Crippen LogP contribution in [0, 0.1) is 13.8 Å². The molecule has 18 heavy (non-hydrogen) atoms. The molecule has 102 valence electrons. The zero-order valence-electron chi connectivity index (χ0n) is 12.0. The van der Waals surface area contributed by atoms with E-state index in [9.17, 15) is 4.79 Å². The van der Waals surface area contributed by atoms with E-state index in [-0.39, 0.29) is 24.2 Å². The molecule has 0 aliphatic heterocycles. The lowest BCUT2D eigenvalue weighted by Crippen LogP contribution is -2.33. The monoisotopic (exact) mass is 270 g/mol. The molecule has 0 radical (unpaired) electrons. The Bertz CT molecular complexity index is 421. The fourth-order valence-corrected chi connectivity index (χ4v) is 2.51. The maximum Gasteiger partial charge on any atom is 0.246 e. The quantitative estimate of drug-likeness (QED) is 0.915. The molecule has 0 bridgehead atoms. The van der Waals surface area contributed by atoms with Gasteiger partial charge in [-0.15, -0.1) is 11.3 Å². The van der Waals surface area contributed by atoms with Gasteiger partial charge < -0.3 is 10.1 Å².